The molecule has 3 rings (SSSR count). The van der Waals surface area contributed by atoms with Crippen molar-refractivity contribution < 1.29 is 0 Å². The molecule has 0 unspecified atom stereocenters. The molecule has 4 nitrogen and oxygen atoms in total. The van der Waals surface area contributed by atoms with Gasteiger partial charge in [-0.3, -0.25) is 10.1 Å². The first kappa shape index (κ1) is 14.1. The van der Waals surface area contributed by atoms with Crippen molar-refractivity contribution in [2.24, 2.45) is 5.92 Å². The number of H-pyrrole nitrogens is 1. The maximum atomic E-state index is 6.17. The number of nitrogens with one attached hydrogen (secondary N) is 1. The number of hydrogen-bond donors (Lipinski definition) is 2. The fraction of sp³-hybridized carbons (Fsp3) is 0.529. The van der Waals surface area contributed by atoms with Crippen LogP contribution in [0.2, 0.25) is 0 Å². The largest absolute Gasteiger partial charge is 0.382 e. The molecule has 3 N–H and O–H groups in total. The van der Waals surface area contributed by atoms with Gasteiger partial charge in [-0.1, -0.05) is 26.7 Å². The Balaban J connectivity index is 2.10. The Bertz CT molecular complexity index is 595. The molecule has 1 saturated carbocycles. The molecule has 4 heteroatoms. The van der Waals surface area contributed by atoms with E-state index in [0.29, 0.717) is 11.7 Å². The van der Waals surface area contributed by atoms with Gasteiger partial charge < -0.3 is 5.73 Å². The van der Waals surface area contributed by atoms with Crippen molar-refractivity contribution in [3.8, 4) is 11.1 Å². The van der Waals surface area contributed by atoms with Crippen molar-refractivity contribution in [2.75, 3.05) is 5.73 Å². The van der Waals surface area contributed by atoms with Gasteiger partial charge in [0, 0.05) is 23.4 Å². The lowest BCUT2D eigenvalue weighted by Gasteiger charge is -2.31. The predicted octanol–water partition coefficient (Wildman–Crippen LogP) is 3.91. The molecule has 0 aliphatic heterocycles. The van der Waals surface area contributed by atoms with Gasteiger partial charge in [0.05, 0.1) is 5.69 Å². The number of hydrogen-bond acceptors (Lipinski definition) is 3. The SMILES string of the molecule is CC(C)CC1(c2[nH]nc(N)c2-c2ccncc2)CCCC1. The van der Waals surface area contributed by atoms with Crippen LogP contribution in [0, 0.1) is 5.92 Å². The van der Waals surface area contributed by atoms with E-state index in [4.69, 9.17) is 5.73 Å². The average Bonchev–Trinajstić information content (AvgIpc) is 3.07. The second-order valence-electron chi connectivity index (χ2n) is 6.68. The van der Waals surface area contributed by atoms with Crippen LogP contribution in [0.4, 0.5) is 5.82 Å². The van der Waals surface area contributed by atoms with E-state index in [1.54, 1.807) is 0 Å². The molecule has 0 bridgehead atoms. The molecular weight excluding hydrogens is 260 g/mol. The summed E-state index contributed by atoms with van der Waals surface area (Å²) in [6.07, 6.45) is 9.86. The van der Waals surface area contributed by atoms with Crippen molar-refractivity contribution in [2.45, 2.75) is 51.4 Å². The lowest BCUT2D eigenvalue weighted by atomic mass is 9.74. The van der Waals surface area contributed by atoms with Gasteiger partial charge >= 0.3 is 0 Å². The fourth-order valence-corrected chi connectivity index (χ4v) is 3.94. The minimum absolute atomic E-state index is 0.206. The third kappa shape index (κ3) is 2.55. The molecule has 1 fully saturated rings. The molecule has 0 radical (unpaired) electrons. The summed E-state index contributed by atoms with van der Waals surface area (Å²) in [6, 6.07) is 4.03. The maximum Gasteiger partial charge on any atom is 0.153 e. The number of anilines is 1. The summed E-state index contributed by atoms with van der Waals surface area (Å²) < 4.78 is 0. The van der Waals surface area contributed by atoms with E-state index in [1.807, 2.05) is 24.5 Å². The average molecular weight is 284 g/mol. The molecule has 1 aliphatic rings. The van der Waals surface area contributed by atoms with Gasteiger partial charge in [0.15, 0.2) is 5.82 Å². The van der Waals surface area contributed by atoms with Gasteiger partial charge in [-0.05, 0) is 42.9 Å². The number of pyridine rings is 1. The van der Waals surface area contributed by atoms with Crippen LogP contribution in [-0.4, -0.2) is 15.2 Å². The molecule has 112 valence electrons. The monoisotopic (exact) mass is 284 g/mol. The van der Waals surface area contributed by atoms with Gasteiger partial charge in [-0.2, -0.15) is 5.10 Å². The van der Waals surface area contributed by atoms with Crippen LogP contribution in [0.1, 0.15) is 51.6 Å². The molecule has 0 amide bonds. The van der Waals surface area contributed by atoms with E-state index < -0.39 is 0 Å². The zero-order valence-corrected chi connectivity index (χ0v) is 12.9. The Morgan fingerprint density at radius 3 is 2.52 bits per heavy atom. The zero-order valence-electron chi connectivity index (χ0n) is 12.9. The second-order valence-corrected chi connectivity index (χ2v) is 6.68. The van der Waals surface area contributed by atoms with Gasteiger partial charge in [0.25, 0.3) is 0 Å². The van der Waals surface area contributed by atoms with Crippen molar-refractivity contribution in [1.29, 1.82) is 0 Å². The highest BCUT2D eigenvalue weighted by Gasteiger charge is 2.40. The zero-order chi connectivity index (χ0) is 14.9. The third-order valence-electron chi connectivity index (χ3n) is 4.65. The lowest BCUT2D eigenvalue weighted by Crippen LogP contribution is -2.25. The Hall–Kier alpha value is -1.84. The molecule has 0 spiro atoms. The maximum absolute atomic E-state index is 6.17. The molecular formula is C17H24N4. The van der Waals surface area contributed by atoms with Gasteiger partial charge in [0.1, 0.15) is 0 Å². The minimum Gasteiger partial charge on any atom is -0.382 e. The summed E-state index contributed by atoms with van der Waals surface area (Å²) in [5.41, 5.74) is 9.80. The summed E-state index contributed by atoms with van der Waals surface area (Å²) in [6.45, 7) is 4.60. The van der Waals surface area contributed by atoms with Crippen LogP contribution >= 0.6 is 0 Å². The first-order valence-electron chi connectivity index (χ1n) is 7.87. The van der Waals surface area contributed by atoms with Crippen LogP contribution in [0.15, 0.2) is 24.5 Å². The molecule has 2 aromatic heterocycles. The molecule has 0 aromatic carbocycles. The summed E-state index contributed by atoms with van der Waals surface area (Å²) in [5, 5.41) is 7.59. The highest BCUT2D eigenvalue weighted by atomic mass is 15.2. The number of rotatable bonds is 4. The van der Waals surface area contributed by atoms with Crippen LogP contribution in [0.3, 0.4) is 0 Å². The topological polar surface area (TPSA) is 67.6 Å². The Morgan fingerprint density at radius 1 is 1.24 bits per heavy atom. The van der Waals surface area contributed by atoms with E-state index in [9.17, 15) is 0 Å². The van der Waals surface area contributed by atoms with Gasteiger partial charge in [-0.15, -0.1) is 0 Å². The van der Waals surface area contributed by atoms with E-state index >= 15 is 0 Å². The van der Waals surface area contributed by atoms with E-state index in [2.05, 4.69) is 29.0 Å². The van der Waals surface area contributed by atoms with E-state index in [1.165, 1.54) is 37.8 Å². The normalized spacial score (nSPS) is 17.5. The first-order chi connectivity index (χ1) is 10.1. The second kappa shape index (κ2) is 5.51. The van der Waals surface area contributed by atoms with Crippen LogP contribution in [0.25, 0.3) is 11.1 Å². The molecule has 0 saturated heterocycles. The van der Waals surface area contributed by atoms with Crippen LogP contribution in [0.5, 0.6) is 0 Å². The van der Waals surface area contributed by atoms with Crippen LogP contribution < -0.4 is 5.73 Å². The number of aromatic nitrogens is 3. The van der Waals surface area contributed by atoms with Crippen LogP contribution in [-0.2, 0) is 5.41 Å². The standard InChI is InChI=1S/C17H24N4/c1-12(2)11-17(7-3-4-8-17)15-14(16(18)21-20-15)13-5-9-19-10-6-13/h5-6,9-10,12H,3-4,7-8,11H2,1-2H3,(H3,18,20,21). The summed E-state index contributed by atoms with van der Waals surface area (Å²) in [4.78, 5) is 4.11. The Labute approximate surface area is 126 Å². The molecule has 21 heavy (non-hydrogen) atoms. The number of aromatic amines is 1. The van der Waals surface area contributed by atoms with Crippen molar-refractivity contribution in [1.82, 2.24) is 15.2 Å². The quantitative estimate of drug-likeness (QED) is 0.894. The third-order valence-corrected chi connectivity index (χ3v) is 4.65. The summed E-state index contributed by atoms with van der Waals surface area (Å²) in [7, 11) is 0. The molecule has 2 heterocycles. The number of nitrogens with two attached hydrogens (primary N) is 1. The van der Waals surface area contributed by atoms with E-state index in [0.717, 1.165) is 11.1 Å². The van der Waals surface area contributed by atoms with Crippen molar-refractivity contribution in [3.63, 3.8) is 0 Å². The lowest BCUT2D eigenvalue weighted by molar-refractivity contribution is 0.338. The highest BCUT2D eigenvalue weighted by Crippen LogP contribution is 2.48. The number of nitrogens with zero attached hydrogens (tertiary/aromatic N) is 2. The molecule has 1 aliphatic carbocycles. The Morgan fingerprint density at radius 2 is 1.90 bits per heavy atom. The van der Waals surface area contributed by atoms with E-state index in [-0.39, 0.29) is 5.41 Å². The van der Waals surface area contributed by atoms with Crippen molar-refractivity contribution in [3.05, 3.63) is 30.2 Å². The fourth-order valence-electron chi connectivity index (χ4n) is 3.94. The van der Waals surface area contributed by atoms with Crippen molar-refractivity contribution >= 4 is 5.82 Å². The predicted molar refractivity (Wildman–Crippen MR) is 85.8 cm³/mol. The summed E-state index contributed by atoms with van der Waals surface area (Å²) >= 11 is 0. The minimum atomic E-state index is 0.206. The first-order valence-corrected chi connectivity index (χ1v) is 7.87. The summed E-state index contributed by atoms with van der Waals surface area (Å²) in [5.74, 6) is 1.27. The highest BCUT2D eigenvalue weighted by molar-refractivity contribution is 5.77. The number of nitrogen functional groups attached to an aromatic ring is 1. The molecule has 2 aromatic rings. The van der Waals surface area contributed by atoms with Gasteiger partial charge in [0.2, 0.25) is 0 Å². The smallest absolute Gasteiger partial charge is 0.153 e. The molecule has 0 atom stereocenters. The Kier molecular flexibility index (Phi) is 3.70. The van der Waals surface area contributed by atoms with Gasteiger partial charge in [-0.25, -0.2) is 0 Å².